The Morgan fingerprint density at radius 2 is 1.96 bits per heavy atom. The maximum absolute atomic E-state index is 13.8. The Bertz CT molecular complexity index is 986. The van der Waals surface area contributed by atoms with E-state index >= 15 is 0 Å². The van der Waals surface area contributed by atoms with Gasteiger partial charge >= 0.3 is 0 Å². The number of benzene rings is 2. The van der Waals surface area contributed by atoms with Crippen LogP contribution in [0.25, 0.3) is 0 Å². The molecule has 0 atom stereocenters. The predicted octanol–water partition coefficient (Wildman–Crippen LogP) is 2.15. The van der Waals surface area contributed by atoms with Gasteiger partial charge in [-0.3, -0.25) is 4.79 Å². The number of likely N-dealkylation sites (N-methyl/N-ethyl adjacent to an activating group) is 1. The molecule has 0 unspecified atom stereocenters. The van der Waals surface area contributed by atoms with E-state index in [2.05, 4.69) is 9.71 Å². The van der Waals surface area contributed by atoms with Crippen LogP contribution in [-0.2, 0) is 14.8 Å². The van der Waals surface area contributed by atoms with Gasteiger partial charge in [0.2, 0.25) is 5.91 Å². The summed E-state index contributed by atoms with van der Waals surface area (Å²) in [6.45, 7) is 1.58. The lowest BCUT2D eigenvalue weighted by molar-refractivity contribution is -0.116. The van der Waals surface area contributed by atoms with Gasteiger partial charge in [-0.1, -0.05) is 18.2 Å². The van der Waals surface area contributed by atoms with Crippen molar-refractivity contribution >= 4 is 27.5 Å². The lowest BCUT2D eigenvalue weighted by atomic mass is 10.2. The average Bonchev–Trinajstić information content (AvgIpc) is 2.82. The number of aryl methyl sites for hydroxylation is 1. The largest absolute Gasteiger partial charge is 0.349 e. The quantitative estimate of drug-likeness (QED) is 0.909. The number of fused-ring (bicyclic) bond motifs is 1. The zero-order valence-corrected chi connectivity index (χ0v) is 14.5. The summed E-state index contributed by atoms with van der Waals surface area (Å²) in [6, 6.07) is 10.9. The van der Waals surface area contributed by atoms with Crippen LogP contribution in [0.2, 0.25) is 0 Å². The van der Waals surface area contributed by atoms with Gasteiger partial charge in [-0.25, -0.2) is 4.39 Å². The van der Waals surface area contributed by atoms with Crippen LogP contribution in [0.1, 0.15) is 11.1 Å². The zero-order chi connectivity index (χ0) is 18.2. The zero-order valence-electron chi connectivity index (χ0n) is 13.7. The van der Waals surface area contributed by atoms with Crippen LogP contribution in [0.3, 0.4) is 0 Å². The number of hydrogen-bond acceptors (Lipinski definition) is 4. The van der Waals surface area contributed by atoms with E-state index in [0.717, 1.165) is 5.56 Å². The highest BCUT2D eigenvalue weighted by Crippen LogP contribution is 2.26. The average molecular weight is 361 g/mol. The number of hydrogen-bond donors (Lipinski definition) is 1. The molecule has 1 aliphatic rings. The minimum absolute atomic E-state index is 0.0744. The number of halogens is 1. The van der Waals surface area contributed by atoms with Crippen LogP contribution in [-0.4, -0.2) is 38.7 Å². The first-order chi connectivity index (χ1) is 11.8. The predicted molar refractivity (Wildman–Crippen MR) is 92.6 cm³/mol. The highest BCUT2D eigenvalue weighted by Gasteiger charge is 2.30. The summed E-state index contributed by atoms with van der Waals surface area (Å²) >= 11 is 0. The van der Waals surface area contributed by atoms with E-state index < -0.39 is 21.7 Å². The third kappa shape index (κ3) is 3.39. The minimum Gasteiger partial charge on any atom is -0.349 e. The third-order valence-corrected chi connectivity index (χ3v) is 5.08. The van der Waals surface area contributed by atoms with Crippen LogP contribution in [0, 0.1) is 12.7 Å². The van der Waals surface area contributed by atoms with Gasteiger partial charge in [0.05, 0.1) is 12.2 Å². The number of carbonyl (C=O) groups excluding carboxylic acids is 1. The molecule has 2 aromatic carbocycles. The van der Waals surface area contributed by atoms with E-state index in [-0.39, 0.29) is 23.0 Å². The highest BCUT2D eigenvalue weighted by atomic mass is 32.2. The van der Waals surface area contributed by atoms with Crippen molar-refractivity contribution in [3.8, 4) is 0 Å². The Morgan fingerprint density at radius 3 is 2.68 bits per heavy atom. The molecule has 130 valence electrons. The highest BCUT2D eigenvalue weighted by molar-refractivity contribution is 7.90. The van der Waals surface area contributed by atoms with Crippen molar-refractivity contribution in [3.63, 3.8) is 0 Å². The monoisotopic (exact) mass is 361 g/mol. The molecule has 0 saturated carbocycles. The van der Waals surface area contributed by atoms with Gasteiger partial charge in [-0.15, -0.1) is 4.40 Å². The van der Waals surface area contributed by atoms with Gasteiger partial charge in [0, 0.05) is 12.6 Å². The van der Waals surface area contributed by atoms with E-state index in [9.17, 15) is 17.6 Å². The molecule has 25 heavy (non-hydrogen) atoms. The molecule has 0 bridgehead atoms. The summed E-state index contributed by atoms with van der Waals surface area (Å²) in [5.74, 6) is -0.813. The first-order valence-electron chi connectivity index (χ1n) is 7.49. The minimum atomic E-state index is -3.75. The summed E-state index contributed by atoms with van der Waals surface area (Å²) < 4.78 is 41.7. The second kappa shape index (κ2) is 6.29. The van der Waals surface area contributed by atoms with E-state index in [1.807, 2.05) is 0 Å². The number of nitrogens with zero attached hydrogens (tertiary/aromatic N) is 2. The van der Waals surface area contributed by atoms with E-state index in [0.29, 0.717) is 5.56 Å². The molecule has 8 heteroatoms. The Morgan fingerprint density at radius 1 is 1.24 bits per heavy atom. The fourth-order valence-corrected chi connectivity index (χ4v) is 3.82. The van der Waals surface area contributed by atoms with E-state index in [1.165, 1.54) is 23.1 Å². The van der Waals surface area contributed by atoms with Crippen LogP contribution >= 0.6 is 0 Å². The van der Waals surface area contributed by atoms with Crippen LogP contribution < -0.4 is 5.32 Å². The molecule has 1 heterocycles. The number of anilines is 1. The summed E-state index contributed by atoms with van der Waals surface area (Å²) in [6.07, 6.45) is 0. The van der Waals surface area contributed by atoms with Gasteiger partial charge in [0.1, 0.15) is 10.7 Å². The summed E-state index contributed by atoms with van der Waals surface area (Å²) in [5.41, 5.74) is 1.26. The van der Waals surface area contributed by atoms with Gasteiger partial charge < -0.3 is 10.2 Å². The van der Waals surface area contributed by atoms with E-state index in [1.54, 1.807) is 38.2 Å². The fraction of sp³-hybridized carbons (Fsp3) is 0.176. The third-order valence-electron chi connectivity index (χ3n) is 3.75. The number of rotatable bonds is 3. The molecule has 6 nitrogen and oxygen atoms in total. The number of nitrogens with one attached hydrogen (secondary N) is 1. The van der Waals surface area contributed by atoms with Gasteiger partial charge in [-0.05, 0) is 36.8 Å². The lowest BCUT2D eigenvalue weighted by Crippen LogP contribution is -2.35. The number of amides is 1. The number of carbonyl (C=O) groups is 1. The topological polar surface area (TPSA) is 78.8 Å². The molecule has 0 spiro atoms. The Labute approximate surface area is 145 Å². The molecule has 1 aliphatic heterocycles. The Kier molecular flexibility index (Phi) is 4.30. The number of amidine groups is 1. The SMILES string of the molecule is Cc1ccc(NC(=O)CN(C)C2=NS(=O)(=O)c3ccccc32)c(F)c1. The number of sulfonamides is 1. The van der Waals surface area contributed by atoms with E-state index in [4.69, 9.17) is 0 Å². The van der Waals surface area contributed by atoms with Crippen molar-refractivity contribution in [2.75, 3.05) is 18.9 Å². The van der Waals surface area contributed by atoms with Crippen LogP contribution in [0.5, 0.6) is 0 Å². The van der Waals surface area contributed by atoms with Crippen LogP contribution in [0.15, 0.2) is 51.8 Å². The molecule has 0 fully saturated rings. The summed E-state index contributed by atoms with van der Waals surface area (Å²) in [7, 11) is -2.19. The maximum atomic E-state index is 13.8. The molecular formula is C17H16FN3O3S. The van der Waals surface area contributed by atoms with Crippen molar-refractivity contribution in [2.24, 2.45) is 4.40 Å². The van der Waals surface area contributed by atoms with Gasteiger partial charge in [0.15, 0.2) is 5.84 Å². The first kappa shape index (κ1) is 17.1. The lowest BCUT2D eigenvalue weighted by Gasteiger charge is -2.18. The molecule has 1 amide bonds. The fourth-order valence-electron chi connectivity index (χ4n) is 2.57. The normalized spacial score (nSPS) is 14.6. The Balaban J connectivity index is 1.77. The van der Waals surface area contributed by atoms with Crippen LogP contribution in [0.4, 0.5) is 10.1 Å². The van der Waals surface area contributed by atoms with Gasteiger partial charge in [-0.2, -0.15) is 8.42 Å². The molecule has 0 radical (unpaired) electrons. The molecule has 2 aromatic rings. The van der Waals surface area contributed by atoms with Crippen molar-refractivity contribution in [1.82, 2.24) is 4.90 Å². The molecule has 1 N–H and O–H groups in total. The van der Waals surface area contributed by atoms with Crippen molar-refractivity contribution < 1.29 is 17.6 Å². The van der Waals surface area contributed by atoms with Crippen molar-refractivity contribution in [2.45, 2.75) is 11.8 Å². The van der Waals surface area contributed by atoms with Crippen molar-refractivity contribution in [1.29, 1.82) is 0 Å². The molecule has 0 aromatic heterocycles. The first-order valence-corrected chi connectivity index (χ1v) is 8.93. The Hall–Kier alpha value is -2.74. The molecule has 0 aliphatic carbocycles. The summed E-state index contributed by atoms with van der Waals surface area (Å²) in [4.78, 5) is 13.7. The van der Waals surface area contributed by atoms with Crippen molar-refractivity contribution in [3.05, 3.63) is 59.4 Å². The standard InChI is InChI=1S/C17H16FN3O3S/c1-11-7-8-14(13(18)9-11)19-16(22)10-21(2)17-12-5-3-4-6-15(12)25(23,24)20-17/h3-9H,10H2,1-2H3,(H,19,22). The smallest absolute Gasteiger partial charge is 0.285 e. The van der Waals surface area contributed by atoms with Gasteiger partial charge in [0.25, 0.3) is 10.0 Å². The molecular weight excluding hydrogens is 345 g/mol. The maximum Gasteiger partial charge on any atom is 0.285 e. The summed E-state index contributed by atoms with van der Waals surface area (Å²) in [5, 5.41) is 2.48. The molecule has 3 rings (SSSR count). The second-order valence-electron chi connectivity index (χ2n) is 5.77. The molecule has 0 saturated heterocycles. The second-order valence-corrected chi connectivity index (χ2v) is 7.35.